The lowest BCUT2D eigenvalue weighted by molar-refractivity contribution is -0.0738. The Labute approximate surface area is 88.1 Å². The molecule has 84 valence electrons. The summed E-state index contributed by atoms with van der Waals surface area (Å²) in [6.45, 7) is -1.08. The van der Waals surface area contributed by atoms with Crippen LogP contribution in [0.5, 0.6) is 0 Å². The van der Waals surface area contributed by atoms with E-state index in [4.69, 9.17) is 9.84 Å². The summed E-state index contributed by atoms with van der Waals surface area (Å²) < 4.78 is 17.5. The number of alkyl halides is 1. The van der Waals surface area contributed by atoms with E-state index in [0.29, 0.717) is 0 Å². The topological polar surface area (TPSA) is 49.7 Å². The number of aliphatic hydroxyl groups excluding tert-OH is 2. The summed E-state index contributed by atoms with van der Waals surface area (Å²) in [5.74, 6) is 0. The molecule has 2 N–H and O–H groups in total. The quantitative estimate of drug-likeness (QED) is 0.739. The number of hydrogen-bond acceptors (Lipinski definition) is 3. The van der Waals surface area contributed by atoms with Gasteiger partial charge < -0.3 is 14.9 Å². The van der Waals surface area contributed by atoms with Crippen LogP contribution in [-0.4, -0.2) is 35.7 Å². The molecule has 3 nitrogen and oxygen atoms in total. The minimum Gasteiger partial charge on any atom is -0.394 e. The van der Waals surface area contributed by atoms with Crippen molar-refractivity contribution in [3.05, 3.63) is 35.9 Å². The van der Waals surface area contributed by atoms with Gasteiger partial charge in [-0.25, -0.2) is 4.39 Å². The Balaban J connectivity index is 2.41. The van der Waals surface area contributed by atoms with Gasteiger partial charge in [-0.3, -0.25) is 0 Å². The van der Waals surface area contributed by atoms with E-state index >= 15 is 0 Å². The molecule has 0 heterocycles. The molecule has 15 heavy (non-hydrogen) atoms. The van der Waals surface area contributed by atoms with Crippen molar-refractivity contribution in [3.8, 4) is 0 Å². The molecule has 0 unspecified atom stereocenters. The van der Waals surface area contributed by atoms with Gasteiger partial charge in [0.25, 0.3) is 0 Å². The second-order valence-electron chi connectivity index (χ2n) is 3.24. The molecular weight excluding hydrogens is 199 g/mol. The van der Waals surface area contributed by atoms with Gasteiger partial charge in [0.2, 0.25) is 0 Å². The first kappa shape index (κ1) is 12.1. The zero-order valence-corrected chi connectivity index (χ0v) is 8.34. The van der Waals surface area contributed by atoms with E-state index in [-0.39, 0.29) is 6.61 Å². The molecule has 0 aliphatic carbocycles. The highest BCUT2D eigenvalue weighted by Crippen LogP contribution is 2.06. The van der Waals surface area contributed by atoms with Crippen LogP contribution in [0.15, 0.2) is 30.3 Å². The van der Waals surface area contributed by atoms with Crippen molar-refractivity contribution in [1.82, 2.24) is 0 Å². The van der Waals surface area contributed by atoms with Gasteiger partial charge in [-0.15, -0.1) is 0 Å². The van der Waals surface area contributed by atoms with Crippen LogP contribution < -0.4 is 0 Å². The average molecular weight is 214 g/mol. The van der Waals surface area contributed by atoms with E-state index in [2.05, 4.69) is 0 Å². The lowest BCUT2D eigenvalue weighted by atomic mass is 10.2. The van der Waals surface area contributed by atoms with Crippen LogP contribution >= 0.6 is 0 Å². The number of aliphatic hydroxyl groups is 2. The van der Waals surface area contributed by atoms with Crippen molar-refractivity contribution >= 4 is 0 Å². The highest BCUT2D eigenvalue weighted by molar-refractivity contribution is 5.13. The molecule has 2 atom stereocenters. The molecule has 0 spiro atoms. The molecule has 0 saturated carbocycles. The Bertz CT molecular complexity index is 266. The highest BCUT2D eigenvalue weighted by atomic mass is 19.1. The fourth-order valence-electron chi connectivity index (χ4n) is 1.15. The molecule has 0 fully saturated rings. The zero-order valence-electron chi connectivity index (χ0n) is 8.34. The first-order chi connectivity index (χ1) is 7.27. The number of rotatable bonds is 6. The molecule has 0 amide bonds. The molecule has 0 saturated heterocycles. The van der Waals surface area contributed by atoms with Crippen molar-refractivity contribution in [2.24, 2.45) is 0 Å². The minimum absolute atomic E-state index is 0.229. The molecule has 4 heteroatoms. The van der Waals surface area contributed by atoms with Crippen molar-refractivity contribution in [2.45, 2.75) is 18.8 Å². The zero-order chi connectivity index (χ0) is 11.1. The summed E-state index contributed by atoms with van der Waals surface area (Å²) >= 11 is 0. The molecule has 0 bridgehead atoms. The number of benzene rings is 1. The third-order valence-corrected chi connectivity index (χ3v) is 2.08. The predicted molar refractivity (Wildman–Crippen MR) is 54.1 cm³/mol. The maximum absolute atomic E-state index is 12.4. The normalized spacial score (nSPS) is 14.9. The third-order valence-electron chi connectivity index (χ3n) is 2.08. The van der Waals surface area contributed by atoms with Crippen molar-refractivity contribution in [2.75, 3.05) is 13.3 Å². The van der Waals surface area contributed by atoms with E-state index in [9.17, 15) is 9.50 Å². The van der Waals surface area contributed by atoms with E-state index in [0.717, 1.165) is 5.56 Å². The predicted octanol–water partition coefficient (Wildman–Crippen LogP) is 0.895. The van der Waals surface area contributed by atoms with Crippen LogP contribution in [0.1, 0.15) is 5.56 Å². The van der Waals surface area contributed by atoms with Gasteiger partial charge in [-0.05, 0) is 5.56 Å². The van der Waals surface area contributed by atoms with Crippen molar-refractivity contribution in [3.63, 3.8) is 0 Å². The summed E-state index contributed by atoms with van der Waals surface area (Å²) in [7, 11) is 0. The first-order valence-electron chi connectivity index (χ1n) is 4.78. The van der Waals surface area contributed by atoms with E-state index in [1.54, 1.807) is 0 Å². The van der Waals surface area contributed by atoms with E-state index in [1.165, 1.54) is 0 Å². The molecular formula is C11H15FO3. The van der Waals surface area contributed by atoms with Crippen molar-refractivity contribution < 1.29 is 19.3 Å². The van der Waals surface area contributed by atoms with Gasteiger partial charge in [0.05, 0.1) is 13.2 Å². The molecule has 0 radical (unpaired) electrons. The minimum atomic E-state index is -1.17. The van der Waals surface area contributed by atoms with Crippen LogP contribution in [0, 0.1) is 0 Å². The molecule has 1 aromatic carbocycles. The number of ether oxygens (including phenoxy) is 1. The Morgan fingerprint density at radius 2 is 1.93 bits per heavy atom. The second-order valence-corrected chi connectivity index (χ2v) is 3.24. The third kappa shape index (κ3) is 3.95. The van der Waals surface area contributed by atoms with Crippen molar-refractivity contribution in [1.29, 1.82) is 0 Å². The lowest BCUT2D eigenvalue weighted by Gasteiger charge is -2.18. The molecule has 1 rings (SSSR count). The van der Waals surface area contributed by atoms with Gasteiger partial charge in [0.15, 0.2) is 0 Å². The van der Waals surface area contributed by atoms with Crippen LogP contribution in [0.3, 0.4) is 0 Å². The monoisotopic (exact) mass is 214 g/mol. The van der Waals surface area contributed by atoms with Gasteiger partial charge in [-0.1, -0.05) is 30.3 Å². The standard InChI is InChI=1S/C11H15FO3/c12-6-11(10(14)7-13)15-8-9-4-2-1-3-5-9/h1-5,10-11,13-14H,6-8H2/t10-,11+/m1/s1. The molecule has 1 aromatic rings. The van der Waals surface area contributed by atoms with Gasteiger partial charge in [0.1, 0.15) is 18.9 Å². The number of halogens is 1. The Kier molecular flexibility index (Phi) is 5.25. The van der Waals surface area contributed by atoms with Gasteiger partial charge in [0, 0.05) is 0 Å². The average Bonchev–Trinajstić information content (AvgIpc) is 2.31. The molecule has 0 aromatic heterocycles. The molecule has 0 aliphatic heterocycles. The SMILES string of the molecule is OC[C@@H](O)[C@H](CF)OCc1ccccc1. The summed E-state index contributed by atoms with van der Waals surface area (Å²) in [4.78, 5) is 0. The Hall–Kier alpha value is -0.970. The van der Waals surface area contributed by atoms with Crippen LogP contribution in [0.4, 0.5) is 4.39 Å². The van der Waals surface area contributed by atoms with Gasteiger partial charge >= 0.3 is 0 Å². The van der Waals surface area contributed by atoms with Crippen LogP contribution in [0.2, 0.25) is 0 Å². The fourth-order valence-corrected chi connectivity index (χ4v) is 1.15. The molecule has 0 aliphatic rings. The van der Waals surface area contributed by atoms with E-state index in [1.807, 2.05) is 30.3 Å². The first-order valence-corrected chi connectivity index (χ1v) is 4.78. The summed E-state index contributed by atoms with van der Waals surface area (Å²) in [6.07, 6.45) is -2.13. The highest BCUT2D eigenvalue weighted by Gasteiger charge is 2.18. The van der Waals surface area contributed by atoms with Gasteiger partial charge in [-0.2, -0.15) is 0 Å². The lowest BCUT2D eigenvalue weighted by Crippen LogP contribution is -2.33. The summed E-state index contributed by atoms with van der Waals surface area (Å²) in [5, 5.41) is 17.8. The smallest absolute Gasteiger partial charge is 0.118 e. The summed E-state index contributed by atoms with van der Waals surface area (Å²) in [5.41, 5.74) is 0.904. The largest absolute Gasteiger partial charge is 0.394 e. The maximum atomic E-state index is 12.4. The maximum Gasteiger partial charge on any atom is 0.118 e. The van der Waals surface area contributed by atoms with E-state index < -0.39 is 25.5 Å². The number of hydrogen-bond donors (Lipinski definition) is 2. The fraction of sp³-hybridized carbons (Fsp3) is 0.455. The summed E-state index contributed by atoms with van der Waals surface area (Å²) in [6, 6.07) is 9.27. The Morgan fingerprint density at radius 1 is 1.27 bits per heavy atom. The Morgan fingerprint density at radius 3 is 2.47 bits per heavy atom. The second kappa shape index (κ2) is 6.50. The van der Waals surface area contributed by atoms with Crippen LogP contribution in [0.25, 0.3) is 0 Å². The van der Waals surface area contributed by atoms with Crippen LogP contribution in [-0.2, 0) is 11.3 Å².